The van der Waals surface area contributed by atoms with Crippen LogP contribution in [0.2, 0.25) is 0 Å². The quantitative estimate of drug-likeness (QED) is 0.784. The highest BCUT2D eigenvalue weighted by Gasteiger charge is 2.27. The lowest BCUT2D eigenvalue weighted by Crippen LogP contribution is -2.37. The Morgan fingerprint density at radius 3 is 2.92 bits per heavy atom. The fourth-order valence-electron chi connectivity index (χ4n) is 2.38. The van der Waals surface area contributed by atoms with E-state index in [9.17, 15) is 14.4 Å². The molecule has 7 nitrogen and oxygen atoms in total. The van der Waals surface area contributed by atoms with E-state index >= 15 is 0 Å². The molecule has 1 aromatic rings. The molecule has 2 aliphatic heterocycles. The predicted molar refractivity (Wildman–Crippen MR) is 97.9 cm³/mol. The number of carbonyl (C=O) groups excluding carboxylic acids is 3. The van der Waals surface area contributed by atoms with Gasteiger partial charge >= 0.3 is 12.0 Å². The molecule has 3 amide bonds. The van der Waals surface area contributed by atoms with Crippen LogP contribution in [-0.4, -0.2) is 59.2 Å². The maximum absolute atomic E-state index is 12.3. The van der Waals surface area contributed by atoms with E-state index in [1.54, 1.807) is 35.7 Å². The number of thioether (sulfide) groups is 2. The standard InChI is InChI=1S/C16H17N3O4S2/c20-13(19-7-5-17-15(19)22)9-23-14(21)12-4-2-1-3-11(12)10-25-16-18-6-8-24-16/h1-4H,5-10H2,(H,17,22). The molecule has 0 unspecified atom stereocenters. The number of urea groups is 1. The van der Waals surface area contributed by atoms with Crippen LogP contribution in [0.4, 0.5) is 4.79 Å². The second-order valence-electron chi connectivity index (χ2n) is 5.30. The number of esters is 1. The Kier molecular flexibility index (Phi) is 5.98. The topological polar surface area (TPSA) is 88.1 Å². The summed E-state index contributed by atoms with van der Waals surface area (Å²) in [6.07, 6.45) is 0. The highest BCUT2D eigenvalue weighted by molar-refractivity contribution is 8.38. The summed E-state index contributed by atoms with van der Waals surface area (Å²) >= 11 is 3.30. The summed E-state index contributed by atoms with van der Waals surface area (Å²) in [7, 11) is 0. The molecule has 0 spiro atoms. The van der Waals surface area contributed by atoms with Crippen molar-refractivity contribution in [3.8, 4) is 0 Å². The van der Waals surface area contributed by atoms with Crippen LogP contribution in [0.3, 0.4) is 0 Å². The van der Waals surface area contributed by atoms with Gasteiger partial charge in [-0.3, -0.25) is 14.7 Å². The first kappa shape index (κ1) is 17.8. The summed E-state index contributed by atoms with van der Waals surface area (Å²) in [6.45, 7) is 1.10. The maximum atomic E-state index is 12.3. The zero-order valence-corrected chi connectivity index (χ0v) is 15.0. The Morgan fingerprint density at radius 2 is 2.20 bits per heavy atom. The molecule has 0 saturated carbocycles. The summed E-state index contributed by atoms with van der Waals surface area (Å²) in [5.41, 5.74) is 1.26. The van der Waals surface area contributed by atoms with Gasteiger partial charge in [-0.1, -0.05) is 41.7 Å². The lowest BCUT2D eigenvalue weighted by atomic mass is 10.1. The third-order valence-electron chi connectivity index (χ3n) is 3.63. The van der Waals surface area contributed by atoms with Gasteiger partial charge in [0, 0.05) is 24.6 Å². The van der Waals surface area contributed by atoms with Crippen LogP contribution in [0, 0.1) is 0 Å². The number of rotatable bonds is 5. The van der Waals surface area contributed by atoms with Gasteiger partial charge in [0.25, 0.3) is 5.91 Å². The zero-order chi connectivity index (χ0) is 17.6. The van der Waals surface area contributed by atoms with Crippen molar-refractivity contribution in [3.05, 3.63) is 35.4 Å². The SMILES string of the molecule is O=C(OCC(=O)N1CCNC1=O)c1ccccc1CSC1=NCCS1. The van der Waals surface area contributed by atoms with Gasteiger partial charge in [-0.15, -0.1) is 0 Å². The predicted octanol–water partition coefficient (Wildman–Crippen LogP) is 1.73. The number of nitrogens with one attached hydrogen (secondary N) is 1. The van der Waals surface area contributed by atoms with Crippen LogP contribution in [0.1, 0.15) is 15.9 Å². The molecular weight excluding hydrogens is 362 g/mol. The number of imide groups is 1. The fourth-order valence-corrected chi connectivity index (χ4v) is 4.39. The Bertz CT molecular complexity index is 723. The van der Waals surface area contributed by atoms with Gasteiger partial charge in [-0.05, 0) is 11.6 Å². The maximum Gasteiger partial charge on any atom is 0.338 e. The van der Waals surface area contributed by atoms with Crippen LogP contribution in [0.25, 0.3) is 0 Å². The largest absolute Gasteiger partial charge is 0.452 e. The Balaban J connectivity index is 1.57. The number of benzene rings is 1. The van der Waals surface area contributed by atoms with Crippen LogP contribution in [-0.2, 0) is 15.3 Å². The van der Waals surface area contributed by atoms with Gasteiger partial charge in [0.15, 0.2) is 6.61 Å². The van der Waals surface area contributed by atoms with Crippen molar-refractivity contribution in [2.45, 2.75) is 5.75 Å². The minimum atomic E-state index is -0.565. The first-order valence-corrected chi connectivity index (χ1v) is 9.75. The summed E-state index contributed by atoms with van der Waals surface area (Å²) in [6, 6.07) is 6.69. The van der Waals surface area contributed by atoms with Crippen molar-refractivity contribution in [1.82, 2.24) is 10.2 Å². The molecule has 0 radical (unpaired) electrons. The Morgan fingerprint density at radius 1 is 1.36 bits per heavy atom. The van der Waals surface area contributed by atoms with Crippen molar-refractivity contribution in [2.24, 2.45) is 4.99 Å². The molecule has 132 valence electrons. The molecule has 1 N–H and O–H groups in total. The van der Waals surface area contributed by atoms with Crippen LogP contribution >= 0.6 is 23.5 Å². The second kappa shape index (κ2) is 8.39. The number of hydrogen-bond acceptors (Lipinski definition) is 7. The Hall–Kier alpha value is -2.00. The van der Waals surface area contributed by atoms with Gasteiger partial charge in [0.1, 0.15) is 4.38 Å². The molecule has 0 aromatic heterocycles. The lowest BCUT2D eigenvalue weighted by Gasteiger charge is -2.13. The van der Waals surface area contributed by atoms with E-state index in [1.807, 2.05) is 12.1 Å². The zero-order valence-electron chi connectivity index (χ0n) is 13.4. The minimum Gasteiger partial charge on any atom is -0.452 e. The molecule has 3 rings (SSSR count). The van der Waals surface area contributed by atoms with E-state index in [0.717, 1.165) is 27.1 Å². The number of carbonyl (C=O) groups is 3. The lowest BCUT2D eigenvalue weighted by molar-refractivity contribution is -0.130. The number of nitrogens with zero attached hydrogens (tertiary/aromatic N) is 2. The van der Waals surface area contributed by atoms with E-state index in [1.165, 1.54) is 0 Å². The number of ether oxygens (including phenoxy) is 1. The normalized spacial score (nSPS) is 16.6. The van der Waals surface area contributed by atoms with Crippen molar-refractivity contribution in [1.29, 1.82) is 0 Å². The molecule has 9 heteroatoms. The molecule has 2 heterocycles. The van der Waals surface area contributed by atoms with E-state index in [0.29, 0.717) is 24.4 Å². The van der Waals surface area contributed by atoms with Crippen LogP contribution < -0.4 is 5.32 Å². The molecule has 2 aliphatic rings. The van der Waals surface area contributed by atoms with E-state index in [-0.39, 0.29) is 0 Å². The number of hydrogen-bond donors (Lipinski definition) is 1. The monoisotopic (exact) mass is 379 g/mol. The first-order valence-electron chi connectivity index (χ1n) is 7.78. The molecule has 0 aliphatic carbocycles. The second-order valence-corrected chi connectivity index (χ2v) is 7.60. The van der Waals surface area contributed by atoms with Crippen LogP contribution in [0.15, 0.2) is 29.3 Å². The van der Waals surface area contributed by atoms with Crippen molar-refractivity contribution in [3.63, 3.8) is 0 Å². The highest BCUT2D eigenvalue weighted by atomic mass is 32.2. The van der Waals surface area contributed by atoms with Crippen molar-refractivity contribution < 1.29 is 19.1 Å². The molecule has 1 aromatic carbocycles. The van der Waals surface area contributed by atoms with Gasteiger partial charge in [-0.2, -0.15) is 0 Å². The molecule has 0 atom stereocenters. The summed E-state index contributed by atoms with van der Waals surface area (Å²) in [5, 5.41) is 2.53. The smallest absolute Gasteiger partial charge is 0.338 e. The van der Waals surface area contributed by atoms with E-state index in [2.05, 4.69) is 10.3 Å². The minimum absolute atomic E-state index is 0.294. The average molecular weight is 379 g/mol. The molecule has 0 bridgehead atoms. The van der Waals surface area contributed by atoms with Gasteiger partial charge < -0.3 is 10.1 Å². The summed E-state index contributed by atoms with van der Waals surface area (Å²) in [5.74, 6) is 0.523. The molecule has 25 heavy (non-hydrogen) atoms. The van der Waals surface area contributed by atoms with E-state index < -0.39 is 24.5 Å². The van der Waals surface area contributed by atoms with Crippen LogP contribution in [0.5, 0.6) is 0 Å². The first-order chi connectivity index (χ1) is 12.1. The molecule has 1 saturated heterocycles. The molecule has 1 fully saturated rings. The third-order valence-corrected chi connectivity index (χ3v) is 5.93. The number of aliphatic imine (C=N–C) groups is 1. The van der Waals surface area contributed by atoms with E-state index in [4.69, 9.17) is 4.74 Å². The fraction of sp³-hybridized carbons (Fsp3) is 0.375. The highest BCUT2D eigenvalue weighted by Crippen LogP contribution is 2.26. The third kappa shape index (κ3) is 4.55. The average Bonchev–Trinajstić information content (AvgIpc) is 3.29. The van der Waals surface area contributed by atoms with Gasteiger partial charge in [0.2, 0.25) is 0 Å². The van der Waals surface area contributed by atoms with Crippen molar-refractivity contribution >= 4 is 45.8 Å². The molecular formula is C16H17N3O4S2. The Labute approximate surface area is 153 Å². The number of amides is 3. The van der Waals surface area contributed by atoms with Gasteiger partial charge in [0.05, 0.1) is 12.1 Å². The summed E-state index contributed by atoms with van der Waals surface area (Å²) < 4.78 is 6.13. The summed E-state index contributed by atoms with van der Waals surface area (Å²) in [4.78, 5) is 41.1. The van der Waals surface area contributed by atoms with Gasteiger partial charge in [-0.25, -0.2) is 9.59 Å². The van der Waals surface area contributed by atoms with Crippen molar-refractivity contribution in [2.75, 3.05) is 32.0 Å².